The van der Waals surface area contributed by atoms with Crippen molar-refractivity contribution in [1.82, 2.24) is 0 Å². The van der Waals surface area contributed by atoms with Gasteiger partial charge in [0, 0.05) is 25.8 Å². The van der Waals surface area contributed by atoms with Crippen molar-refractivity contribution in [3.8, 4) is 10.8 Å². The molecule has 0 atom stereocenters. The van der Waals surface area contributed by atoms with Crippen molar-refractivity contribution in [3.63, 3.8) is 0 Å². The lowest BCUT2D eigenvalue weighted by molar-refractivity contribution is -0.124. The standard InChI is InChI=1S/C25H32BrNO5S/c1-16-5-7-18(8-6-16)24(29)27(19(14-30-3)15-31-4)23-10-9-20(11-17(23)2)32-25-22(26)12-21(13-28)33-25/h9-13,16,18-19H,5-8,14-15H2,1-4H3/t16-,18-. The van der Waals surface area contributed by atoms with Crippen LogP contribution in [0.1, 0.15) is 47.8 Å². The number of amides is 1. The van der Waals surface area contributed by atoms with Crippen LogP contribution in [0.25, 0.3) is 0 Å². The SMILES string of the molecule is COCC(COC)N(c1ccc(Oc2sc(C=O)cc2Br)cc1C)C(=O)[C@H]1CC[C@H](C)CC1. The molecule has 0 spiro atoms. The molecule has 180 valence electrons. The number of hydrogen-bond donors (Lipinski definition) is 0. The van der Waals surface area contributed by atoms with Crippen molar-refractivity contribution < 1.29 is 23.8 Å². The van der Waals surface area contributed by atoms with E-state index in [1.165, 1.54) is 11.3 Å². The summed E-state index contributed by atoms with van der Waals surface area (Å²) >= 11 is 4.72. The second-order valence-corrected chi connectivity index (χ2v) is 10.6. The number of hydrogen-bond acceptors (Lipinski definition) is 6. The van der Waals surface area contributed by atoms with Crippen LogP contribution in [-0.2, 0) is 14.3 Å². The first-order valence-corrected chi connectivity index (χ1v) is 12.8. The van der Waals surface area contributed by atoms with Gasteiger partial charge in [0.05, 0.1) is 28.6 Å². The maximum atomic E-state index is 13.8. The van der Waals surface area contributed by atoms with Gasteiger partial charge in [0.2, 0.25) is 5.91 Å². The van der Waals surface area contributed by atoms with Gasteiger partial charge in [0.25, 0.3) is 0 Å². The minimum Gasteiger partial charge on any atom is -0.445 e. The number of ether oxygens (including phenoxy) is 3. The third-order valence-corrected chi connectivity index (χ3v) is 7.90. The van der Waals surface area contributed by atoms with Crippen LogP contribution in [0.2, 0.25) is 0 Å². The van der Waals surface area contributed by atoms with E-state index in [9.17, 15) is 9.59 Å². The summed E-state index contributed by atoms with van der Waals surface area (Å²) in [6.45, 7) is 5.00. The molecule has 0 aliphatic heterocycles. The van der Waals surface area contributed by atoms with Crippen LogP contribution in [0.3, 0.4) is 0 Å². The van der Waals surface area contributed by atoms with Gasteiger partial charge in [-0.05, 0) is 84.3 Å². The van der Waals surface area contributed by atoms with E-state index >= 15 is 0 Å². The summed E-state index contributed by atoms with van der Waals surface area (Å²) in [5, 5.41) is 0.616. The second kappa shape index (κ2) is 12.1. The van der Waals surface area contributed by atoms with Gasteiger partial charge in [-0.15, -0.1) is 0 Å². The van der Waals surface area contributed by atoms with E-state index in [4.69, 9.17) is 14.2 Å². The van der Waals surface area contributed by atoms with Crippen molar-refractivity contribution >= 4 is 45.1 Å². The number of thiophene rings is 1. The van der Waals surface area contributed by atoms with Gasteiger partial charge in [-0.25, -0.2) is 0 Å². The van der Waals surface area contributed by atoms with Crippen molar-refractivity contribution in [3.05, 3.63) is 39.2 Å². The fraction of sp³-hybridized carbons (Fsp3) is 0.520. The molecule has 1 saturated carbocycles. The number of methoxy groups -OCH3 is 2. The van der Waals surface area contributed by atoms with E-state index in [0.29, 0.717) is 34.8 Å². The normalized spacial score (nSPS) is 18.4. The average Bonchev–Trinajstić information content (AvgIpc) is 3.15. The van der Waals surface area contributed by atoms with Gasteiger partial charge in [-0.2, -0.15) is 0 Å². The summed E-state index contributed by atoms with van der Waals surface area (Å²) in [6, 6.07) is 7.21. The quantitative estimate of drug-likeness (QED) is 0.335. The first-order valence-electron chi connectivity index (χ1n) is 11.2. The zero-order valence-corrected chi connectivity index (χ0v) is 22.0. The summed E-state index contributed by atoms with van der Waals surface area (Å²) in [4.78, 5) is 27.3. The minimum absolute atomic E-state index is 0.0107. The lowest BCUT2D eigenvalue weighted by Gasteiger charge is -2.36. The number of nitrogens with zero attached hydrogens (tertiary/aromatic N) is 1. The lowest BCUT2D eigenvalue weighted by atomic mass is 9.82. The van der Waals surface area contributed by atoms with Crippen LogP contribution in [0, 0.1) is 18.8 Å². The van der Waals surface area contributed by atoms with Crippen LogP contribution in [-0.4, -0.2) is 45.7 Å². The van der Waals surface area contributed by atoms with Gasteiger partial charge < -0.3 is 19.1 Å². The summed E-state index contributed by atoms with van der Waals surface area (Å²) in [6.07, 6.45) is 4.78. The molecule has 1 aliphatic carbocycles. The van der Waals surface area contributed by atoms with E-state index in [0.717, 1.165) is 47.7 Å². The van der Waals surface area contributed by atoms with Crippen LogP contribution in [0.4, 0.5) is 5.69 Å². The Morgan fingerprint density at radius 2 is 1.85 bits per heavy atom. The van der Waals surface area contributed by atoms with Gasteiger partial charge in [0.15, 0.2) is 11.3 Å². The molecule has 1 aromatic heterocycles. The molecule has 33 heavy (non-hydrogen) atoms. The second-order valence-electron chi connectivity index (χ2n) is 8.68. The molecule has 1 amide bonds. The fourth-order valence-electron chi connectivity index (χ4n) is 4.35. The molecule has 0 N–H and O–H groups in total. The maximum Gasteiger partial charge on any atom is 0.230 e. The van der Waals surface area contributed by atoms with E-state index < -0.39 is 0 Å². The molecule has 0 bridgehead atoms. The van der Waals surface area contributed by atoms with Crippen molar-refractivity contribution in [1.29, 1.82) is 0 Å². The molecule has 0 radical (unpaired) electrons. The predicted octanol–water partition coefficient (Wildman–Crippen LogP) is 6.24. The van der Waals surface area contributed by atoms with Gasteiger partial charge in [0.1, 0.15) is 5.75 Å². The van der Waals surface area contributed by atoms with Crippen molar-refractivity contribution in [2.45, 2.75) is 45.6 Å². The van der Waals surface area contributed by atoms with Crippen LogP contribution in [0.5, 0.6) is 10.8 Å². The molecule has 1 aromatic carbocycles. The zero-order valence-electron chi connectivity index (χ0n) is 19.6. The molecule has 6 nitrogen and oxygen atoms in total. The van der Waals surface area contributed by atoms with Crippen molar-refractivity contribution in [2.75, 3.05) is 32.3 Å². The molecule has 8 heteroatoms. The molecule has 0 saturated heterocycles. The fourth-order valence-corrected chi connectivity index (χ4v) is 5.80. The molecular weight excluding hydrogens is 506 g/mol. The third-order valence-electron chi connectivity index (χ3n) is 6.11. The highest BCUT2D eigenvalue weighted by atomic mass is 79.9. The van der Waals surface area contributed by atoms with Crippen LogP contribution >= 0.6 is 27.3 Å². The number of anilines is 1. The number of carbonyl (C=O) groups excluding carboxylic acids is 2. The maximum absolute atomic E-state index is 13.8. The number of benzene rings is 1. The minimum atomic E-state index is -0.223. The Hall–Kier alpha value is -1.74. The van der Waals surface area contributed by atoms with Gasteiger partial charge >= 0.3 is 0 Å². The largest absolute Gasteiger partial charge is 0.445 e. The number of aryl methyl sites for hydroxylation is 1. The Morgan fingerprint density at radius 1 is 1.18 bits per heavy atom. The highest BCUT2D eigenvalue weighted by molar-refractivity contribution is 9.10. The first kappa shape index (κ1) is 25.9. The third kappa shape index (κ3) is 6.44. The molecule has 3 rings (SSSR count). The number of aldehydes is 1. The zero-order chi connectivity index (χ0) is 24.0. The van der Waals surface area contributed by atoms with Gasteiger partial charge in [-0.1, -0.05) is 18.3 Å². The number of halogens is 1. The Kier molecular flexibility index (Phi) is 9.49. The summed E-state index contributed by atoms with van der Waals surface area (Å²) in [5.41, 5.74) is 1.76. The molecule has 1 aliphatic rings. The molecule has 2 aromatic rings. The molecule has 1 fully saturated rings. The Morgan fingerprint density at radius 3 is 2.39 bits per heavy atom. The van der Waals surface area contributed by atoms with E-state index in [2.05, 4.69) is 22.9 Å². The summed E-state index contributed by atoms with van der Waals surface area (Å²) in [5.74, 6) is 1.46. The first-order chi connectivity index (χ1) is 15.9. The predicted molar refractivity (Wildman–Crippen MR) is 135 cm³/mol. The van der Waals surface area contributed by atoms with Crippen LogP contribution < -0.4 is 9.64 Å². The molecule has 0 unspecified atom stereocenters. The Balaban J connectivity index is 1.90. The topological polar surface area (TPSA) is 65.1 Å². The van der Waals surface area contributed by atoms with E-state index in [1.807, 2.05) is 30.0 Å². The van der Waals surface area contributed by atoms with E-state index in [-0.39, 0.29) is 17.9 Å². The van der Waals surface area contributed by atoms with E-state index in [1.54, 1.807) is 20.3 Å². The highest BCUT2D eigenvalue weighted by Gasteiger charge is 2.34. The highest BCUT2D eigenvalue weighted by Crippen LogP contribution is 2.39. The smallest absolute Gasteiger partial charge is 0.230 e. The lowest BCUT2D eigenvalue weighted by Crippen LogP contribution is -2.49. The monoisotopic (exact) mass is 537 g/mol. The average molecular weight is 539 g/mol. The number of carbonyl (C=O) groups is 2. The number of rotatable bonds is 10. The molecular formula is C25H32BrNO5S. The van der Waals surface area contributed by atoms with Gasteiger partial charge in [-0.3, -0.25) is 9.59 Å². The van der Waals surface area contributed by atoms with Crippen LogP contribution in [0.15, 0.2) is 28.7 Å². The molecule has 1 heterocycles. The Labute approximate surface area is 208 Å². The Bertz CT molecular complexity index is 948. The summed E-state index contributed by atoms with van der Waals surface area (Å²) in [7, 11) is 3.29. The van der Waals surface area contributed by atoms with Crippen molar-refractivity contribution in [2.24, 2.45) is 11.8 Å². The summed E-state index contributed by atoms with van der Waals surface area (Å²) < 4.78 is 17.7.